The number of aliphatic hydroxyl groups is 1. The minimum absolute atomic E-state index is 0.302. The standard InChI is InChI=1S/C22H30N4O6/c1-21(2,3)31-19(29)23-12-17(27)18(28)25-16-9-7-8-14(10-16)15-11-24-26(13-15)20(30)32-22(4,5)6/h7-11,13,17,27H,12H2,1-6H3,(H,23,29)(H,25,28). The van der Waals surface area contributed by atoms with Crippen molar-refractivity contribution in [3.63, 3.8) is 0 Å². The smallest absolute Gasteiger partial charge is 0.435 e. The van der Waals surface area contributed by atoms with Gasteiger partial charge in [-0.05, 0) is 59.2 Å². The Labute approximate surface area is 186 Å². The van der Waals surface area contributed by atoms with Gasteiger partial charge >= 0.3 is 12.2 Å². The van der Waals surface area contributed by atoms with E-state index in [1.807, 2.05) is 0 Å². The molecule has 0 bridgehead atoms. The normalized spacial score (nSPS) is 12.6. The molecule has 0 fully saturated rings. The number of carbonyl (C=O) groups is 3. The van der Waals surface area contributed by atoms with Crippen molar-refractivity contribution in [3.05, 3.63) is 36.7 Å². The molecule has 0 saturated carbocycles. The Kier molecular flexibility index (Phi) is 7.63. The lowest BCUT2D eigenvalue weighted by Crippen LogP contribution is -2.41. The van der Waals surface area contributed by atoms with Crippen LogP contribution in [0.5, 0.6) is 0 Å². The third-order valence-electron chi connectivity index (χ3n) is 3.77. The molecule has 3 N–H and O–H groups in total. The summed E-state index contributed by atoms with van der Waals surface area (Å²) >= 11 is 0. The summed E-state index contributed by atoms with van der Waals surface area (Å²) in [6, 6.07) is 6.81. The van der Waals surface area contributed by atoms with Gasteiger partial charge in [0.15, 0.2) is 0 Å². The predicted molar refractivity (Wildman–Crippen MR) is 118 cm³/mol. The van der Waals surface area contributed by atoms with E-state index in [4.69, 9.17) is 9.47 Å². The van der Waals surface area contributed by atoms with Crippen molar-refractivity contribution < 1.29 is 29.0 Å². The lowest BCUT2D eigenvalue weighted by atomic mass is 10.1. The summed E-state index contributed by atoms with van der Waals surface area (Å²) in [5.41, 5.74) is 0.425. The Bertz CT molecular complexity index is 971. The average Bonchev–Trinajstić information content (AvgIpc) is 3.14. The molecule has 1 atom stereocenters. The Balaban J connectivity index is 1.99. The number of carbonyl (C=O) groups excluding carboxylic acids is 3. The summed E-state index contributed by atoms with van der Waals surface area (Å²) in [5.74, 6) is -0.692. The molecule has 0 aliphatic heterocycles. The van der Waals surface area contributed by atoms with Crippen LogP contribution in [0.15, 0.2) is 36.7 Å². The molecule has 0 spiro atoms. The maximum atomic E-state index is 12.3. The molecule has 10 heteroatoms. The van der Waals surface area contributed by atoms with E-state index < -0.39 is 35.4 Å². The van der Waals surface area contributed by atoms with E-state index in [2.05, 4.69) is 15.7 Å². The first-order valence-electron chi connectivity index (χ1n) is 10.1. The molecule has 174 valence electrons. The van der Waals surface area contributed by atoms with E-state index in [1.54, 1.807) is 65.8 Å². The van der Waals surface area contributed by atoms with Crippen LogP contribution in [-0.4, -0.2) is 56.8 Å². The van der Waals surface area contributed by atoms with Crippen molar-refractivity contribution in [1.82, 2.24) is 15.1 Å². The van der Waals surface area contributed by atoms with Gasteiger partial charge in [-0.1, -0.05) is 12.1 Å². The Morgan fingerprint density at radius 2 is 1.72 bits per heavy atom. The highest BCUT2D eigenvalue weighted by atomic mass is 16.6. The number of aromatic nitrogens is 2. The SMILES string of the molecule is CC(C)(C)OC(=O)NCC(O)C(=O)Nc1cccc(-c2cnn(C(=O)OC(C)(C)C)c2)c1. The van der Waals surface area contributed by atoms with E-state index in [-0.39, 0.29) is 6.54 Å². The summed E-state index contributed by atoms with van der Waals surface area (Å²) in [6.45, 7) is 10.1. The number of ether oxygens (including phenoxy) is 2. The summed E-state index contributed by atoms with van der Waals surface area (Å²) < 4.78 is 11.4. The maximum absolute atomic E-state index is 12.3. The molecule has 10 nitrogen and oxygen atoms in total. The van der Waals surface area contributed by atoms with Gasteiger partial charge in [-0.15, -0.1) is 0 Å². The number of benzene rings is 1. The van der Waals surface area contributed by atoms with Crippen molar-refractivity contribution >= 4 is 23.8 Å². The fraction of sp³-hybridized carbons (Fsp3) is 0.455. The molecule has 2 rings (SSSR count). The number of nitrogens with one attached hydrogen (secondary N) is 2. The maximum Gasteiger partial charge on any atom is 0.435 e. The molecule has 1 heterocycles. The number of rotatable bonds is 5. The Morgan fingerprint density at radius 1 is 1.06 bits per heavy atom. The molecule has 32 heavy (non-hydrogen) atoms. The van der Waals surface area contributed by atoms with Crippen LogP contribution in [0.3, 0.4) is 0 Å². The highest BCUT2D eigenvalue weighted by Crippen LogP contribution is 2.23. The van der Waals surface area contributed by atoms with Gasteiger partial charge < -0.3 is 25.2 Å². The van der Waals surface area contributed by atoms with Gasteiger partial charge in [0, 0.05) is 17.4 Å². The molecule has 0 radical (unpaired) electrons. The second kappa shape index (κ2) is 9.82. The largest absolute Gasteiger partial charge is 0.444 e. The molecule has 0 aliphatic carbocycles. The molecule has 1 aromatic carbocycles. The van der Waals surface area contributed by atoms with Crippen LogP contribution in [0.4, 0.5) is 15.3 Å². The van der Waals surface area contributed by atoms with Crippen molar-refractivity contribution in [2.45, 2.75) is 58.8 Å². The third-order valence-corrected chi connectivity index (χ3v) is 3.77. The summed E-state index contributed by atoms with van der Waals surface area (Å²) in [5, 5.41) is 19.0. The van der Waals surface area contributed by atoms with Gasteiger partial charge in [-0.25, -0.2) is 9.59 Å². The van der Waals surface area contributed by atoms with Crippen molar-refractivity contribution in [2.75, 3.05) is 11.9 Å². The quantitative estimate of drug-likeness (QED) is 0.643. The average molecular weight is 447 g/mol. The number of amides is 2. The number of aliphatic hydroxyl groups excluding tert-OH is 1. The molecule has 2 aromatic rings. The first-order valence-corrected chi connectivity index (χ1v) is 10.1. The zero-order valence-electron chi connectivity index (χ0n) is 19.1. The topological polar surface area (TPSA) is 132 Å². The highest BCUT2D eigenvalue weighted by Gasteiger charge is 2.21. The molecule has 1 unspecified atom stereocenters. The van der Waals surface area contributed by atoms with Crippen LogP contribution in [-0.2, 0) is 14.3 Å². The van der Waals surface area contributed by atoms with Crippen LogP contribution < -0.4 is 10.6 Å². The molecular formula is C22H30N4O6. The number of hydrogen-bond donors (Lipinski definition) is 3. The lowest BCUT2D eigenvalue weighted by molar-refractivity contribution is -0.123. The monoisotopic (exact) mass is 446 g/mol. The van der Waals surface area contributed by atoms with Gasteiger partial charge in [-0.2, -0.15) is 9.78 Å². The van der Waals surface area contributed by atoms with Gasteiger partial charge in [0.05, 0.1) is 12.7 Å². The molecule has 1 aromatic heterocycles. The van der Waals surface area contributed by atoms with Gasteiger partial charge in [-0.3, -0.25) is 4.79 Å². The van der Waals surface area contributed by atoms with E-state index in [1.165, 1.54) is 12.4 Å². The third kappa shape index (κ3) is 8.03. The zero-order chi connectivity index (χ0) is 24.1. The number of anilines is 1. The molecule has 0 saturated heterocycles. The van der Waals surface area contributed by atoms with Crippen molar-refractivity contribution in [2.24, 2.45) is 0 Å². The zero-order valence-corrected chi connectivity index (χ0v) is 19.1. The van der Waals surface area contributed by atoms with Gasteiger partial charge in [0.1, 0.15) is 17.3 Å². The fourth-order valence-corrected chi connectivity index (χ4v) is 2.47. The van der Waals surface area contributed by atoms with Crippen LogP contribution in [0, 0.1) is 0 Å². The summed E-state index contributed by atoms with van der Waals surface area (Å²) in [4.78, 5) is 36.0. The van der Waals surface area contributed by atoms with E-state index >= 15 is 0 Å². The van der Waals surface area contributed by atoms with Crippen molar-refractivity contribution in [3.8, 4) is 11.1 Å². The highest BCUT2D eigenvalue weighted by molar-refractivity contribution is 5.95. The van der Waals surface area contributed by atoms with E-state index in [0.717, 1.165) is 4.68 Å². The minimum Gasteiger partial charge on any atom is -0.444 e. The van der Waals surface area contributed by atoms with Crippen LogP contribution >= 0.6 is 0 Å². The number of hydrogen-bond acceptors (Lipinski definition) is 7. The fourth-order valence-electron chi connectivity index (χ4n) is 2.47. The first-order chi connectivity index (χ1) is 14.7. The number of alkyl carbamates (subject to hydrolysis) is 1. The minimum atomic E-state index is -1.47. The van der Waals surface area contributed by atoms with Crippen LogP contribution in [0.1, 0.15) is 41.5 Å². The van der Waals surface area contributed by atoms with Crippen LogP contribution in [0.2, 0.25) is 0 Å². The van der Waals surface area contributed by atoms with E-state index in [0.29, 0.717) is 16.8 Å². The second-order valence-electron chi connectivity index (χ2n) is 9.12. The Morgan fingerprint density at radius 3 is 2.34 bits per heavy atom. The summed E-state index contributed by atoms with van der Waals surface area (Å²) in [6.07, 6.45) is 0.224. The van der Waals surface area contributed by atoms with Gasteiger partial charge in [0.2, 0.25) is 0 Å². The van der Waals surface area contributed by atoms with Crippen LogP contribution in [0.25, 0.3) is 11.1 Å². The second-order valence-corrected chi connectivity index (χ2v) is 9.12. The molecule has 0 aliphatic rings. The molecular weight excluding hydrogens is 416 g/mol. The van der Waals surface area contributed by atoms with E-state index in [9.17, 15) is 19.5 Å². The predicted octanol–water partition coefficient (Wildman–Crippen LogP) is 3.16. The summed E-state index contributed by atoms with van der Waals surface area (Å²) in [7, 11) is 0. The van der Waals surface area contributed by atoms with Crippen molar-refractivity contribution in [1.29, 1.82) is 0 Å². The lowest BCUT2D eigenvalue weighted by Gasteiger charge is -2.20. The first kappa shape index (κ1) is 24.9. The number of nitrogens with zero attached hydrogens (tertiary/aromatic N) is 2. The Hall–Kier alpha value is -3.40. The van der Waals surface area contributed by atoms with Gasteiger partial charge in [0.25, 0.3) is 5.91 Å². The molecule has 2 amide bonds.